The molecule has 0 rings (SSSR count). The molecule has 0 saturated heterocycles. The number of hydrogen-bond donors (Lipinski definition) is 2. The summed E-state index contributed by atoms with van der Waals surface area (Å²) in [4.78, 5) is 4.74. The van der Waals surface area contributed by atoms with Crippen LogP contribution < -0.4 is 5.48 Å². The average Bonchev–Trinajstić information content (AvgIpc) is 1.64. The summed E-state index contributed by atoms with van der Waals surface area (Å²) in [6, 6.07) is 0. The highest BCUT2D eigenvalue weighted by Gasteiger charge is 2.18. The van der Waals surface area contributed by atoms with Crippen molar-refractivity contribution in [2.24, 2.45) is 5.41 Å². The molecule has 0 bridgehead atoms. The molecular formula is C6H14N2O. The Bertz CT molecular complexity index is 104. The van der Waals surface area contributed by atoms with Crippen molar-refractivity contribution in [3.8, 4) is 0 Å². The number of nitrogens with one attached hydrogen (secondary N) is 2. The van der Waals surface area contributed by atoms with E-state index in [1.165, 1.54) is 0 Å². The van der Waals surface area contributed by atoms with Gasteiger partial charge in [0, 0.05) is 12.5 Å². The van der Waals surface area contributed by atoms with Crippen LogP contribution in [-0.4, -0.2) is 12.9 Å². The fraction of sp³-hybridized carbons (Fsp3) is 0.833. The SMILES string of the molecule is CNOC(=N)C(C)(C)C. The zero-order valence-corrected chi connectivity index (χ0v) is 6.41. The van der Waals surface area contributed by atoms with Crippen LogP contribution in [0.1, 0.15) is 20.8 Å². The molecule has 0 fully saturated rings. The van der Waals surface area contributed by atoms with E-state index in [9.17, 15) is 0 Å². The van der Waals surface area contributed by atoms with Gasteiger partial charge in [0.05, 0.1) is 0 Å². The summed E-state index contributed by atoms with van der Waals surface area (Å²) >= 11 is 0. The summed E-state index contributed by atoms with van der Waals surface area (Å²) in [6.07, 6.45) is 0. The van der Waals surface area contributed by atoms with Gasteiger partial charge in [0.15, 0.2) is 0 Å². The van der Waals surface area contributed by atoms with Crippen molar-refractivity contribution in [1.82, 2.24) is 5.48 Å². The molecule has 0 spiro atoms. The van der Waals surface area contributed by atoms with E-state index in [4.69, 9.17) is 10.2 Å². The first-order chi connectivity index (χ1) is 3.98. The topological polar surface area (TPSA) is 45.1 Å². The van der Waals surface area contributed by atoms with E-state index >= 15 is 0 Å². The van der Waals surface area contributed by atoms with Crippen LogP contribution in [0.3, 0.4) is 0 Å². The quantitative estimate of drug-likeness (QED) is 0.318. The second kappa shape index (κ2) is 2.82. The lowest BCUT2D eigenvalue weighted by Crippen LogP contribution is -2.26. The zero-order chi connectivity index (χ0) is 7.49. The molecule has 0 unspecified atom stereocenters. The summed E-state index contributed by atoms with van der Waals surface area (Å²) < 4.78 is 0. The third kappa shape index (κ3) is 3.08. The van der Waals surface area contributed by atoms with E-state index in [1.807, 2.05) is 20.8 Å². The van der Waals surface area contributed by atoms with Crippen LogP contribution in [0, 0.1) is 10.8 Å². The fourth-order valence-corrected chi connectivity index (χ4v) is 0.255. The van der Waals surface area contributed by atoms with Crippen molar-refractivity contribution in [2.75, 3.05) is 7.05 Å². The zero-order valence-electron chi connectivity index (χ0n) is 6.41. The largest absolute Gasteiger partial charge is 0.393 e. The minimum atomic E-state index is -0.191. The van der Waals surface area contributed by atoms with Gasteiger partial charge < -0.3 is 4.84 Å². The highest BCUT2D eigenvalue weighted by molar-refractivity contribution is 5.77. The maximum absolute atomic E-state index is 7.26. The second-order valence-electron chi connectivity index (χ2n) is 2.89. The van der Waals surface area contributed by atoms with Crippen molar-refractivity contribution in [3.63, 3.8) is 0 Å². The second-order valence-corrected chi connectivity index (χ2v) is 2.89. The minimum absolute atomic E-state index is 0.191. The highest BCUT2D eigenvalue weighted by atomic mass is 16.7. The monoisotopic (exact) mass is 130 g/mol. The maximum Gasteiger partial charge on any atom is 0.211 e. The van der Waals surface area contributed by atoms with E-state index in [-0.39, 0.29) is 11.3 Å². The Hall–Kier alpha value is -0.570. The summed E-state index contributed by atoms with van der Waals surface area (Å²) in [5.41, 5.74) is 2.26. The van der Waals surface area contributed by atoms with Gasteiger partial charge in [-0.2, -0.15) is 5.48 Å². The molecular weight excluding hydrogens is 116 g/mol. The smallest absolute Gasteiger partial charge is 0.211 e. The van der Waals surface area contributed by atoms with Crippen LogP contribution in [0.4, 0.5) is 0 Å². The fourth-order valence-electron chi connectivity index (χ4n) is 0.255. The molecule has 3 nitrogen and oxygen atoms in total. The Morgan fingerprint density at radius 1 is 1.44 bits per heavy atom. The van der Waals surface area contributed by atoms with Gasteiger partial charge in [-0.05, 0) is 0 Å². The Labute approximate surface area is 55.9 Å². The lowest BCUT2D eigenvalue weighted by atomic mass is 9.97. The summed E-state index contributed by atoms with van der Waals surface area (Å²) in [7, 11) is 1.64. The summed E-state index contributed by atoms with van der Waals surface area (Å²) in [5, 5.41) is 7.26. The maximum atomic E-state index is 7.26. The molecule has 3 heteroatoms. The van der Waals surface area contributed by atoms with Gasteiger partial charge >= 0.3 is 0 Å². The molecule has 0 amide bonds. The molecule has 0 radical (unpaired) electrons. The van der Waals surface area contributed by atoms with Gasteiger partial charge in [0.2, 0.25) is 5.90 Å². The Kier molecular flexibility index (Phi) is 2.65. The van der Waals surface area contributed by atoms with Crippen LogP contribution in [0.5, 0.6) is 0 Å². The third-order valence-corrected chi connectivity index (χ3v) is 0.885. The predicted octanol–water partition coefficient (Wildman–Crippen LogP) is 1.16. The van der Waals surface area contributed by atoms with Crippen LogP contribution in [0.25, 0.3) is 0 Å². The Morgan fingerprint density at radius 3 is 2.00 bits per heavy atom. The lowest BCUT2D eigenvalue weighted by Gasteiger charge is -2.17. The van der Waals surface area contributed by atoms with Crippen molar-refractivity contribution in [2.45, 2.75) is 20.8 Å². The van der Waals surface area contributed by atoms with E-state index < -0.39 is 0 Å². The van der Waals surface area contributed by atoms with Crippen molar-refractivity contribution in [1.29, 1.82) is 5.41 Å². The molecule has 0 saturated carbocycles. The van der Waals surface area contributed by atoms with Crippen molar-refractivity contribution < 1.29 is 4.84 Å². The Balaban J connectivity index is 3.74. The van der Waals surface area contributed by atoms with Crippen LogP contribution in [0.2, 0.25) is 0 Å². The van der Waals surface area contributed by atoms with Gasteiger partial charge in [0.25, 0.3) is 0 Å². The summed E-state index contributed by atoms with van der Waals surface area (Å²) in [5.74, 6) is 0.255. The molecule has 0 aromatic carbocycles. The molecule has 9 heavy (non-hydrogen) atoms. The number of hydrogen-bond acceptors (Lipinski definition) is 3. The normalized spacial score (nSPS) is 11.1. The molecule has 0 atom stereocenters. The first-order valence-corrected chi connectivity index (χ1v) is 2.91. The van der Waals surface area contributed by atoms with Crippen molar-refractivity contribution >= 4 is 5.90 Å². The lowest BCUT2D eigenvalue weighted by molar-refractivity contribution is 0.177. The molecule has 0 aliphatic rings. The molecule has 0 aliphatic heterocycles. The molecule has 0 aromatic rings. The van der Waals surface area contributed by atoms with Crippen LogP contribution >= 0.6 is 0 Å². The standard InChI is InChI=1S/C6H14N2O/c1-6(2,3)5(7)9-8-4/h7-8H,1-4H3. The molecule has 0 aromatic heterocycles. The first-order valence-electron chi connectivity index (χ1n) is 2.91. The third-order valence-electron chi connectivity index (χ3n) is 0.885. The van der Waals surface area contributed by atoms with Gasteiger partial charge in [0.1, 0.15) is 0 Å². The van der Waals surface area contributed by atoms with Gasteiger partial charge in [-0.25, -0.2) is 0 Å². The Morgan fingerprint density at radius 2 is 1.89 bits per heavy atom. The highest BCUT2D eigenvalue weighted by Crippen LogP contribution is 2.14. The van der Waals surface area contributed by atoms with E-state index in [2.05, 4.69) is 5.48 Å². The van der Waals surface area contributed by atoms with Crippen molar-refractivity contribution in [3.05, 3.63) is 0 Å². The average molecular weight is 130 g/mol. The van der Waals surface area contributed by atoms with Gasteiger partial charge in [-0.15, -0.1) is 0 Å². The van der Waals surface area contributed by atoms with Gasteiger partial charge in [-0.3, -0.25) is 5.41 Å². The molecule has 2 N–H and O–H groups in total. The molecule has 0 aliphatic carbocycles. The predicted molar refractivity (Wildman–Crippen MR) is 37.3 cm³/mol. The van der Waals surface area contributed by atoms with Gasteiger partial charge in [-0.1, -0.05) is 20.8 Å². The first kappa shape index (κ1) is 8.43. The minimum Gasteiger partial charge on any atom is -0.393 e. The number of rotatable bonds is 1. The van der Waals surface area contributed by atoms with E-state index in [0.29, 0.717) is 0 Å². The van der Waals surface area contributed by atoms with E-state index in [0.717, 1.165) is 0 Å². The number of hydroxylamine groups is 1. The van der Waals surface area contributed by atoms with Crippen LogP contribution in [-0.2, 0) is 4.84 Å². The molecule has 0 heterocycles. The summed E-state index contributed by atoms with van der Waals surface area (Å²) in [6.45, 7) is 5.77. The van der Waals surface area contributed by atoms with E-state index in [1.54, 1.807) is 7.05 Å². The van der Waals surface area contributed by atoms with Crippen LogP contribution in [0.15, 0.2) is 0 Å². The molecule has 54 valence electrons.